The molecule has 0 atom stereocenters. The number of nitrogens with zero attached hydrogens (tertiary/aromatic N) is 8. The van der Waals surface area contributed by atoms with E-state index in [9.17, 15) is 0 Å². The Morgan fingerprint density at radius 3 is 1.21 bits per heavy atom. The highest BCUT2D eigenvalue weighted by Crippen LogP contribution is 2.47. The summed E-state index contributed by atoms with van der Waals surface area (Å²) >= 11 is 1.86. The van der Waals surface area contributed by atoms with E-state index in [-0.39, 0.29) is 0 Å². The second-order valence-electron chi connectivity index (χ2n) is 29.5. The Balaban J connectivity index is 0.000000143. The Kier molecular flexibility index (Phi) is 17.2. The Labute approximate surface area is 683 Å². The first-order valence-corrected chi connectivity index (χ1v) is 40.4. The number of rotatable bonds is 13. The van der Waals surface area contributed by atoms with Crippen LogP contribution in [0.3, 0.4) is 0 Å². The average Bonchev–Trinajstić information content (AvgIpc) is 1.56. The number of aromatic nitrogens is 8. The molecule has 0 saturated heterocycles. The van der Waals surface area contributed by atoms with Crippen molar-refractivity contribution in [2.75, 3.05) is 0 Å². The lowest BCUT2D eigenvalue weighted by Gasteiger charge is -2.18. The summed E-state index contributed by atoms with van der Waals surface area (Å²) in [6, 6.07) is 145. The lowest BCUT2D eigenvalue weighted by Crippen LogP contribution is -2.05. The highest BCUT2D eigenvalue weighted by molar-refractivity contribution is 7.26. The molecule has 0 amide bonds. The highest BCUT2D eigenvalue weighted by atomic mass is 32.1. The van der Waals surface area contributed by atoms with E-state index in [0.717, 1.165) is 133 Å². The Morgan fingerprint density at radius 1 is 0.212 bits per heavy atom. The van der Waals surface area contributed by atoms with Gasteiger partial charge in [-0.25, -0.2) is 29.9 Å². The summed E-state index contributed by atoms with van der Waals surface area (Å²) in [4.78, 5) is 31.1. The topological polar surface area (TPSA) is 100 Å². The Morgan fingerprint density at radius 2 is 0.610 bits per heavy atom. The molecule has 552 valence electrons. The van der Waals surface area contributed by atoms with Crippen LogP contribution in [0.25, 0.3) is 221 Å². The first-order valence-electron chi connectivity index (χ1n) is 39.6. The molecule has 0 N–H and O–H groups in total. The highest BCUT2D eigenvalue weighted by Gasteiger charge is 2.26. The smallest absolute Gasteiger partial charge is 0.166 e. The van der Waals surface area contributed by atoms with Crippen LogP contribution >= 0.6 is 11.3 Å². The second kappa shape index (κ2) is 29.4. The Hall–Kier alpha value is -15.6. The minimum atomic E-state index is 0.604. The van der Waals surface area contributed by atoms with Crippen LogP contribution in [0.15, 0.2) is 417 Å². The van der Waals surface area contributed by atoms with E-state index in [4.69, 9.17) is 34.3 Å². The zero-order chi connectivity index (χ0) is 78.0. The Bertz CT molecular complexity index is 7720. The molecule has 6 aromatic heterocycles. The maximum atomic E-state index is 6.49. The van der Waals surface area contributed by atoms with Crippen LogP contribution in [0.5, 0.6) is 0 Å². The van der Waals surface area contributed by atoms with Gasteiger partial charge >= 0.3 is 0 Å². The number of hydrogen-bond acceptors (Lipinski definition) is 8. The molecule has 0 saturated carbocycles. The molecule has 23 rings (SSSR count). The number of para-hydroxylation sites is 4. The van der Waals surface area contributed by atoms with Gasteiger partial charge in [-0.05, 0) is 111 Å². The predicted molar refractivity (Wildman–Crippen MR) is 488 cm³/mol. The van der Waals surface area contributed by atoms with Gasteiger partial charge in [-0.15, -0.1) is 11.3 Å². The molecule has 23 aromatic rings. The number of fused-ring (bicyclic) bond motifs is 12. The molecule has 0 radical (unpaired) electrons. The standard InChI is InChI=1S/C57H36N4S.C51H32N4O/c1-4-16-37(17-5-1)38-30-32-41(33-31-38)56-58-55(40-20-8-3-9-21-40)59-57(60-56)53-43(39-18-6-2-7-19-39)24-15-28-50(53)61-49-27-12-10-22-45(49)46-35-34-42(36-51(46)61)44-25-14-26-48-47-23-11-13-29-52(47)62-54(44)48;1-4-15-33(16-5-1)44-32-37(28-30-43(44)51-53-49(34-17-6-2-7-18-34)52-50(54-51)35-19-8-3-9-20-35)55-45-25-12-10-21-39(45)40-29-27-36(31-46(40)55)38-23-14-24-42-41-22-11-13-26-47(41)56-48(38)42/h1-36H;1-32H. The van der Waals surface area contributed by atoms with E-state index >= 15 is 0 Å². The van der Waals surface area contributed by atoms with Gasteiger partial charge in [0.2, 0.25) is 0 Å². The van der Waals surface area contributed by atoms with Crippen molar-refractivity contribution in [1.29, 1.82) is 0 Å². The van der Waals surface area contributed by atoms with Gasteiger partial charge < -0.3 is 13.6 Å². The molecule has 118 heavy (non-hydrogen) atoms. The number of benzene rings is 17. The van der Waals surface area contributed by atoms with E-state index < -0.39 is 0 Å². The van der Waals surface area contributed by atoms with Crippen molar-refractivity contribution < 1.29 is 4.42 Å². The molecule has 0 unspecified atom stereocenters. The quantitative estimate of drug-likeness (QED) is 0.113. The van der Waals surface area contributed by atoms with Crippen molar-refractivity contribution in [2.24, 2.45) is 0 Å². The van der Waals surface area contributed by atoms with E-state index in [1.165, 1.54) is 52.8 Å². The monoisotopic (exact) mass is 1520 g/mol. The van der Waals surface area contributed by atoms with Crippen molar-refractivity contribution in [2.45, 2.75) is 0 Å². The van der Waals surface area contributed by atoms with Crippen LogP contribution in [0.4, 0.5) is 0 Å². The first kappa shape index (κ1) is 69.1. The van der Waals surface area contributed by atoms with Crippen molar-refractivity contribution in [3.05, 3.63) is 413 Å². The van der Waals surface area contributed by atoms with E-state index in [1.54, 1.807) is 0 Å². The van der Waals surface area contributed by atoms with Gasteiger partial charge in [-0.3, -0.25) is 0 Å². The molecule has 0 bridgehead atoms. The van der Waals surface area contributed by atoms with E-state index in [0.29, 0.717) is 34.9 Å². The van der Waals surface area contributed by atoms with Crippen molar-refractivity contribution in [3.8, 4) is 135 Å². The fraction of sp³-hybridized carbons (Fsp3) is 0. The largest absolute Gasteiger partial charge is 0.455 e. The molecule has 0 aliphatic heterocycles. The van der Waals surface area contributed by atoms with Gasteiger partial charge in [0.25, 0.3) is 0 Å². The number of hydrogen-bond donors (Lipinski definition) is 0. The fourth-order valence-electron chi connectivity index (χ4n) is 17.0. The molecular weight excluding hydrogens is 1460 g/mol. The van der Waals surface area contributed by atoms with Gasteiger partial charge in [0, 0.05) is 91.6 Å². The molecule has 17 aromatic carbocycles. The summed E-state index contributed by atoms with van der Waals surface area (Å²) in [6.07, 6.45) is 0. The summed E-state index contributed by atoms with van der Waals surface area (Å²) in [5.41, 5.74) is 24.9. The number of thiophene rings is 1. The van der Waals surface area contributed by atoms with Gasteiger partial charge in [-0.1, -0.05) is 352 Å². The maximum Gasteiger partial charge on any atom is 0.166 e. The molecule has 0 spiro atoms. The summed E-state index contributed by atoms with van der Waals surface area (Å²) in [7, 11) is 0. The van der Waals surface area contributed by atoms with Crippen molar-refractivity contribution in [1.82, 2.24) is 39.0 Å². The van der Waals surface area contributed by atoms with Crippen LogP contribution in [0.2, 0.25) is 0 Å². The van der Waals surface area contributed by atoms with Crippen LogP contribution in [0.1, 0.15) is 0 Å². The third-order valence-electron chi connectivity index (χ3n) is 22.6. The lowest BCUT2D eigenvalue weighted by molar-refractivity contribution is 0.670. The van der Waals surface area contributed by atoms with Crippen LogP contribution in [-0.2, 0) is 0 Å². The summed E-state index contributed by atoms with van der Waals surface area (Å²) in [5, 5.41) is 9.57. The average molecular weight is 1530 g/mol. The molecule has 0 aliphatic carbocycles. The number of furan rings is 1. The van der Waals surface area contributed by atoms with Crippen molar-refractivity contribution >= 4 is 97.1 Å². The third-order valence-corrected chi connectivity index (χ3v) is 23.8. The first-order chi connectivity index (χ1) is 58.5. The SMILES string of the molecule is c1ccc(-c2ccc(-c3nc(-c4ccccc4)nc(-c4c(-c5ccccc5)cccc4-n4c5ccccc5c5ccc(-c6cccc7c6sc6ccccc67)cc54)n3)cc2)cc1.c1ccc(-c2nc(-c3ccccc3)nc(-c3ccc(-n4c5ccccc5c5ccc(-c6cccc7c6oc6ccccc67)cc54)cc3-c3ccccc3)n2)cc1. The predicted octanol–water partition coefficient (Wildman–Crippen LogP) is 28.5. The van der Waals surface area contributed by atoms with Gasteiger partial charge in [0.05, 0.1) is 33.3 Å². The van der Waals surface area contributed by atoms with Crippen LogP contribution in [-0.4, -0.2) is 39.0 Å². The maximum absolute atomic E-state index is 6.49. The molecule has 10 heteroatoms. The zero-order valence-corrected chi connectivity index (χ0v) is 64.5. The summed E-state index contributed by atoms with van der Waals surface area (Å²) in [6.45, 7) is 0. The van der Waals surface area contributed by atoms with E-state index in [2.05, 4.69) is 319 Å². The molecular formula is C108H68N8OS. The lowest BCUT2D eigenvalue weighted by atomic mass is 9.96. The zero-order valence-electron chi connectivity index (χ0n) is 63.7. The molecule has 6 heterocycles. The van der Waals surface area contributed by atoms with Gasteiger partial charge in [-0.2, -0.15) is 0 Å². The van der Waals surface area contributed by atoms with Crippen LogP contribution < -0.4 is 0 Å². The molecule has 0 fully saturated rings. The fourth-order valence-corrected chi connectivity index (χ4v) is 18.2. The van der Waals surface area contributed by atoms with Gasteiger partial charge in [0.1, 0.15) is 11.2 Å². The van der Waals surface area contributed by atoms with E-state index in [1.807, 2.05) is 114 Å². The normalized spacial score (nSPS) is 11.6. The van der Waals surface area contributed by atoms with Crippen molar-refractivity contribution in [3.63, 3.8) is 0 Å². The summed E-state index contributed by atoms with van der Waals surface area (Å²) < 4.78 is 13.9. The molecule has 9 nitrogen and oxygen atoms in total. The molecule has 0 aliphatic rings. The summed E-state index contributed by atoms with van der Waals surface area (Å²) in [5.74, 6) is 3.72. The van der Waals surface area contributed by atoms with Gasteiger partial charge in [0.15, 0.2) is 34.9 Å². The van der Waals surface area contributed by atoms with Crippen LogP contribution in [0, 0.1) is 0 Å². The minimum Gasteiger partial charge on any atom is -0.455 e. The third kappa shape index (κ3) is 12.3. The second-order valence-corrected chi connectivity index (χ2v) is 30.6. The minimum absolute atomic E-state index is 0.604.